The third-order valence-corrected chi connectivity index (χ3v) is 2.90. The van der Waals surface area contributed by atoms with Crippen LogP contribution < -0.4 is 16.4 Å². The first-order chi connectivity index (χ1) is 10.0. The first-order valence-corrected chi connectivity index (χ1v) is 7.46. The van der Waals surface area contributed by atoms with Gasteiger partial charge in [0.15, 0.2) is 5.96 Å². The lowest BCUT2D eigenvalue weighted by Crippen LogP contribution is -2.36. The Morgan fingerprint density at radius 2 is 1.95 bits per heavy atom. The van der Waals surface area contributed by atoms with Crippen LogP contribution in [0.15, 0.2) is 29.3 Å². The number of nitrogens with two attached hydrogens (primary N) is 1. The van der Waals surface area contributed by atoms with Crippen LogP contribution in [0, 0.1) is 0 Å². The Labute approximate surface area is 127 Å². The Morgan fingerprint density at radius 3 is 2.52 bits per heavy atom. The molecule has 0 heterocycles. The maximum Gasteiger partial charge on any atom is 0.251 e. The van der Waals surface area contributed by atoms with Gasteiger partial charge in [0.25, 0.3) is 5.91 Å². The Balaban J connectivity index is 2.52. The second-order valence-electron chi connectivity index (χ2n) is 5.31. The molecule has 0 radical (unpaired) electrons. The van der Waals surface area contributed by atoms with E-state index in [-0.39, 0.29) is 11.9 Å². The van der Waals surface area contributed by atoms with Crippen molar-refractivity contribution in [3.05, 3.63) is 35.4 Å². The summed E-state index contributed by atoms with van der Waals surface area (Å²) < 4.78 is 0. The quantitative estimate of drug-likeness (QED) is 0.408. The van der Waals surface area contributed by atoms with E-state index in [9.17, 15) is 4.79 Å². The molecule has 0 aliphatic heterocycles. The predicted octanol–water partition coefficient (Wildman–Crippen LogP) is 2.03. The van der Waals surface area contributed by atoms with Crippen molar-refractivity contribution < 1.29 is 4.79 Å². The Morgan fingerprint density at radius 1 is 1.29 bits per heavy atom. The van der Waals surface area contributed by atoms with Crippen LogP contribution in [-0.2, 0) is 6.54 Å². The number of hydrogen-bond donors (Lipinski definition) is 3. The molecule has 0 aliphatic carbocycles. The molecule has 0 aromatic heterocycles. The van der Waals surface area contributed by atoms with Crippen molar-refractivity contribution in [1.29, 1.82) is 0 Å². The second-order valence-corrected chi connectivity index (χ2v) is 5.31. The first kappa shape index (κ1) is 17.0. The fraction of sp³-hybridized carbons (Fsp3) is 0.500. The van der Waals surface area contributed by atoms with Crippen molar-refractivity contribution in [2.24, 2.45) is 10.7 Å². The Kier molecular flexibility index (Phi) is 7.29. The van der Waals surface area contributed by atoms with Gasteiger partial charge in [-0.3, -0.25) is 4.79 Å². The van der Waals surface area contributed by atoms with Crippen molar-refractivity contribution in [1.82, 2.24) is 10.6 Å². The molecule has 0 fully saturated rings. The number of amides is 1. The SMILES string of the molecule is CCCCNC(=O)c1ccc(CN=C(N)NC(C)C)cc1. The molecule has 0 saturated heterocycles. The van der Waals surface area contributed by atoms with E-state index >= 15 is 0 Å². The molecule has 0 spiro atoms. The molecule has 116 valence electrons. The van der Waals surface area contributed by atoms with Crippen LogP contribution in [0.2, 0.25) is 0 Å². The fourth-order valence-corrected chi connectivity index (χ4v) is 1.76. The summed E-state index contributed by atoms with van der Waals surface area (Å²) in [6.45, 7) is 7.34. The highest BCUT2D eigenvalue weighted by atomic mass is 16.1. The summed E-state index contributed by atoms with van der Waals surface area (Å²) in [4.78, 5) is 16.1. The number of carbonyl (C=O) groups excluding carboxylic acids is 1. The van der Waals surface area contributed by atoms with Crippen molar-refractivity contribution in [3.63, 3.8) is 0 Å². The summed E-state index contributed by atoms with van der Waals surface area (Å²) in [6.07, 6.45) is 2.07. The van der Waals surface area contributed by atoms with E-state index in [0.29, 0.717) is 18.1 Å². The number of benzene rings is 1. The molecule has 4 N–H and O–H groups in total. The molecule has 0 atom stereocenters. The summed E-state index contributed by atoms with van der Waals surface area (Å²) in [5.41, 5.74) is 7.44. The number of rotatable bonds is 7. The summed E-state index contributed by atoms with van der Waals surface area (Å²) >= 11 is 0. The number of hydrogen-bond acceptors (Lipinski definition) is 2. The molecule has 0 aliphatic rings. The lowest BCUT2D eigenvalue weighted by molar-refractivity contribution is 0.0953. The maximum atomic E-state index is 11.8. The van der Waals surface area contributed by atoms with E-state index in [1.54, 1.807) is 0 Å². The molecular weight excluding hydrogens is 264 g/mol. The zero-order valence-corrected chi connectivity index (χ0v) is 13.1. The highest BCUT2D eigenvalue weighted by Gasteiger charge is 2.04. The molecule has 1 rings (SSSR count). The minimum Gasteiger partial charge on any atom is -0.370 e. The minimum atomic E-state index is -0.0283. The molecular formula is C16H26N4O. The van der Waals surface area contributed by atoms with Crippen molar-refractivity contribution in [2.45, 2.75) is 46.2 Å². The molecule has 0 bridgehead atoms. The number of nitrogens with one attached hydrogen (secondary N) is 2. The average Bonchev–Trinajstić information content (AvgIpc) is 2.45. The van der Waals surface area contributed by atoms with Gasteiger partial charge in [-0.1, -0.05) is 25.5 Å². The number of aliphatic imine (C=N–C) groups is 1. The Hall–Kier alpha value is -2.04. The highest BCUT2D eigenvalue weighted by molar-refractivity contribution is 5.94. The van der Waals surface area contributed by atoms with Crippen molar-refractivity contribution >= 4 is 11.9 Å². The van der Waals surface area contributed by atoms with E-state index in [0.717, 1.165) is 24.9 Å². The molecule has 1 aromatic rings. The van der Waals surface area contributed by atoms with Gasteiger partial charge in [-0.15, -0.1) is 0 Å². The van der Waals surface area contributed by atoms with Gasteiger partial charge in [0.05, 0.1) is 6.54 Å². The number of carbonyl (C=O) groups is 1. The van der Waals surface area contributed by atoms with E-state index in [1.807, 2.05) is 38.1 Å². The lowest BCUT2D eigenvalue weighted by atomic mass is 10.1. The molecule has 1 aromatic carbocycles. The van der Waals surface area contributed by atoms with E-state index < -0.39 is 0 Å². The Bertz CT molecular complexity index is 466. The second kappa shape index (κ2) is 9.00. The average molecular weight is 290 g/mol. The van der Waals surface area contributed by atoms with Crippen LogP contribution in [0.3, 0.4) is 0 Å². The minimum absolute atomic E-state index is 0.0283. The van der Waals surface area contributed by atoms with Crippen LogP contribution in [0.1, 0.15) is 49.5 Å². The third kappa shape index (κ3) is 6.79. The van der Waals surface area contributed by atoms with Crippen LogP contribution in [0.25, 0.3) is 0 Å². The van der Waals surface area contributed by atoms with Crippen LogP contribution in [0.4, 0.5) is 0 Å². The first-order valence-electron chi connectivity index (χ1n) is 7.46. The van der Waals surface area contributed by atoms with E-state index in [4.69, 9.17) is 5.73 Å². The van der Waals surface area contributed by atoms with Crippen molar-refractivity contribution in [2.75, 3.05) is 6.54 Å². The monoisotopic (exact) mass is 290 g/mol. The number of nitrogens with zero attached hydrogens (tertiary/aromatic N) is 1. The summed E-state index contributed by atoms with van der Waals surface area (Å²) in [5, 5.41) is 5.93. The van der Waals surface area contributed by atoms with Gasteiger partial charge < -0.3 is 16.4 Å². The van der Waals surface area contributed by atoms with Gasteiger partial charge in [0, 0.05) is 18.2 Å². The van der Waals surface area contributed by atoms with Gasteiger partial charge in [-0.25, -0.2) is 4.99 Å². The zero-order valence-electron chi connectivity index (χ0n) is 13.1. The lowest BCUT2D eigenvalue weighted by Gasteiger charge is -2.08. The summed E-state index contributed by atoms with van der Waals surface area (Å²) in [7, 11) is 0. The molecule has 5 nitrogen and oxygen atoms in total. The smallest absolute Gasteiger partial charge is 0.251 e. The van der Waals surface area contributed by atoms with Gasteiger partial charge in [0.2, 0.25) is 0 Å². The third-order valence-electron chi connectivity index (χ3n) is 2.90. The molecule has 0 saturated carbocycles. The van der Waals surface area contributed by atoms with Gasteiger partial charge in [-0.05, 0) is 38.0 Å². The number of unbranched alkanes of at least 4 members (excludes halogenated alkanes) is 1. The molecule has 0 unspecified atom stereocenters. The predicted molar refractivity (Wildman–Crippen MR) is 87.3 cm³/mol. The standard InChI is InChI=1S/C16H26N4O/c1-4-5-10-18-15(21)14-8-6-13(7-9-14)11-19-16(17)20-12(2)3/h6-9,12H,4-5,10-11H2,1-3H3,(H,18,21)(H3,17,19,20). The molecule has 1 amide bonds. The summed E-state index contributed by atoms with van der Waals surface area (Å²) in [5.74, 6) is 0.408. The highest BCUT2D eigenvalue weighted by Crippen LogP contribution is 2.06. The van der Waals surface area contributed by atoms with Gasteiger partial charge in [-0.2, -0.15) is 0 Å². The zero-order chi connectivity index (χ0) is 15.7. The van der Waals surface area contributed by atoms with Gasteiger partial charge >= 0.3 is 0 Å². The fourth-order valence-electron chi connectivity index (χ4n) is 1.76. The van der Waals surface area contributed by atoms with Crippen LogP contribution >= 0.6 is 0 Å². The summed E-state index contributed by atoms with van der Waals surface area (Å²) in [6, 6.07) is 7.71. The van der Waals surface area contributed by atoms with E-state index in [2.05, 4.69) is 22.5 Å². The number of guanidine groups is 1. The topological polar surface area (TPSA) is 79.5 Å². The van der Waals surface area contributed by atoms with Crippen LogP contribution in [0.5, 0.6) is 0 Å². The van der Waals surface area contributed by atoms with E-state index in [1.165, 1.54) is 0 Å². The largest absolute Gasteiger partial charge is 0.370 e. The molecule has 21 heavy (non-hydrogen) atoms. The normalized spacial score (nSPS) is 11.5. The van der Waals surface area contributed by atoms with Crippen LogP contribution in [-0.4, -0.2) is 24.5 Å². The molecule has 5 heteroatoms. The maximum absolute atomic E-state index is 11.8. The van der Waals surface area contributed by atoms with Crippen molar-refractivity contribution in [3.8, 4) is 0 Å². The van der Waals surface area contributed by atoms with Gasteiger partial charge in [0.1, 0.15) is 0 Å².